The van der Waals surface area contributed by atoms with Gasteiger partial charge >= 0.3 is 0 Å². The molecule has 0 saturated heterocycles. The van der Waals surface area contributed by atoms with Gasteiger partial charge < -0.3 is 5.11 Å². The molecule has 0 aliphatic heterocycles. The molecule has 0 aromatic carbocycles. The molecule has 0 bridgehead atoms. The molecule has 0 aromatic rings. The summed E-state index contributed by atoms with van der Waals surface area (Å²) in [6, 6.07) is 0. The van der Waals surface area contributed by atoms with E-state index in [1.807, 2.05) is 6.08 Å². The molecule has 2 atom stereocenters. The van der Waals surface area contributed by atoms with Crippen molar-refractivity contribution >= 4 is 0 Å². The lowest BCUT2D eigenvalue weighted by molar-refractivity contribution is 0.0350. The van der Waals surface area contributed by atoms with E-state index >= 15 is 0 Å². The molecule has 1 nitrogen and oxygen atoms in total. The fraction of sp³-hybridized carbons (Fsp3) is 0.882. The third-order valence-corrected chi connectivity index (χ3v) is 4.11. The summed E-state index contributed by atoms with van der Waals surface area (Å²) in [4.78, 5) is 0. The standard InChI is InChI=1S/C17H34O/c1-5-9-11-12-13-16(18)17(8-4,14-7-3)15-10-6-2/h8,16,18H,4-7,9-15H2,1-3H3/t16-,17-/m1/s1. The highest BCUT2D eigenvalue weighted by atomic mass is 16.3. The van der Waals surface area contributed by atoms with E-state index in [1.165, 1.54) is 32.1 Å². The molecule has 0 unspecified atom stereocenters. The van der Waals surface area contributed by atoms with Crippen LogP contribution in [0.15, 0.2) is 12.7 Å². The van der Waals surface area contributed by atoms with E-state index < -0.39 is 0 Å². The van der Waals surface area contributed by atoms with Crippen molar-refractivity contribution in [2.24, 2.45) is 5.41 Å². The molecule has 0 aliphatic rings. The van der Waals surface area contributed by atoms with Crippen molar-refractivity contribution in [2.45, 2.75) is 91.1 Å². The van der Waals surface area contributed by atoms with Gasteiger partial charge in [0.25, 0.3) is 0 Å². The fourth-order valence-electron chi connectivity index (χ4n) is 2.82. The Bertz CT molecular complexity index is 200. The van der Waals surface area contributed by atoms with Crippen LogP contribution in [0.5, 0.6) is 0 Å². The molecule has 1 heteroatoms. The SMILES string of the molecule is C=C[C@@](CCC)(CCCC)[C@H](O)CCCCCC. The summed E-state index contributed by atoms with van der Waals surface area (Å²) in [6.07, 6.45) is 13.4. The lowest BCUT2D eigenvalue weighted by atomic mass is 9.72. The van der Waals surface area contributed by atoms with Gasteiger partial charge in [-0.2, -0.15) is 0 Å². The Morgan fingerprint density at radius 1 is 0.944 bits per heavy atom. The van der Waals surface area contributed by atoms with E-state index in [0.717, 1.165) is 32.1 Å². The lowest BCUT2D eigenvalue weighted by Crippen LogP contribution is -2.33. The van der Waals surface area contributed by atoms with Crippen LogP contribution in [0.25, 0.3) is 0 Å². The Morgan fingerprint density at radius 3 is 2.11 bits per heavy atom. The van der Waals surface area contributed by atoms with Gasteiger partial charge in [-0.15, -0.1) is 6.58 Å². The molecule has 0 aliphatic carbocycles. The molecule has 1 N–H and O–H groups in total. The molecule has 108 valence electrons. The number of hydrogen-bond acceptors (Lipinski definition) is 1. The molecule has 0 fully saturated rings. The maximum Gasteiger partial charge on any atom is 0.0630 e. The van der Waals surface area contributed by atoms with Crippen LogP contribution in [0, 0.1) is 5.41 Å². The first kappa shape index (κ1) is 17.7. The second kappa shape index (κ2) is 10.6. The van der Waals surface area contributed by atoms with Crippen molar-refractivity contribution in [2.75, 3.05) is 0 Å². The number of rotatable bonds is 12. The van der Waals surface area contributed by atoms with Crippen molar-refractivity contribution in [3.05, 3.63) is 12.7 Å². The largest absolute Gasteiger partial charge is 0.392 e. The minimum absolute atomic E-state index is 0.0308. The van der Waals surface area contributed by atoms with Crippen molar-refractivity contribution in [1.29, 1.82) is 0 Å². The summed E-state index contributed by atoms with van der Waals surface area (Å²) < 4.78 is 0. The minimum Gasteiger partial charge on any atom is -0.392 e. The van der Waals surface area contributed by atoms with Crippen LogP contribution in [-0.2, 0) is 0 Å². The van der Waals surface area contributed by atoms with Crippen LogP contribution in [0.2, 0.25) is 0 Å². The van der Waals surface area contributed by atoms with Gasteiger partial charge in [0.1, 0.15) is 0 Å². The first-order chi connectivity index (χ1) is 8.66. The Balaban J connectivity index is 4.36. The fourth-order valence-corrected chi connectivity index (χ4v) is 2.82. The average molecular weight is 254 g/mol. The second-order valence-corrected chi connectivity index (χ2v) is 5.66. The molecule has 0 saturated carbocycles. The maximum absolute atomic E-state index is 10.5. The van der Waals surface area contributed by atoms with E-state index in [-0.39, 0.29) is 11.5 Å². The zero-order chi connectivity index (χ0) is 13.9. The van der Waals surface area contributed by atoms with Crippen molar-refractivity contribution in [3.8, 4) is 0 Å². The minimum atomic E-state index is -0.196. The molecule has 0 radical (unpaired) electrons. The molecule has 0 spiro atoms. The van der Waals surface area contributed by atoms with E-state index in [9.17, 15) is 5.11 Å². The molecule has 0 heterocycles. The van der Waals surface area contributed by atoms with Gasteiger partial charge in [-0.3, -0.25) is 0 Å². The van der Waals surface area contributed by atoms with Gasteiger partial charge in [0.2, 0.25) is 0 Å². The van der Waals surface area contributed by atoms with Gasteiger partial charge in [0.15, 0.2) is 0 Å². The van der Waals surface area contributed by atoms with Crippen molar-refractivity contribution in [1.82, 2.24) is 0 Å². The Morgan fingerprint density at radius 2 is 1.61 bits per heavy atom. The average Bonchev–Trinajstić information content (AvgIpc) is 2.39. The zero-order valence-electron chi connectivity index (χ0n) is 12.9. The number of aliphatic hydroxyl groups is 1. The molecular weight excluding hydrogens is 220 g/mol. The van der Waals surface area contributed by atoms with E-state index in [2.05, 4.69) is 27.4 Å². The highest BCUT2D eigenvalue weighted by Gasteiger charge is 2.32. The summed E-state index contributed by atoms with van der Waals surface area (Å²) in [6.45, 7) is 10.7. The van der Waals surface area contributed by atoms with Gasteiger partial charge in [-0.25, -0.2) is 0 Å². The summed E-state index contributed by atoms with van der Waals surface area (Å²) in [5.41, 5.74) is -0.0308. The van der Waals surface area contributed by atoms with Crippen LogP contribution >= 0.6 is 0 Å². The Hall–Kier alpha value is -0.300. The van der Waals surface area contributed by atoms with Crippen molar-refractivity contribution < 1.29 is 5.11 Å². The van der Waals surface area contributed by atoms with Crippen LogP contribution in [0.1, 0.15) is 85.0 Å². The normalized spacial score (nSPS) is 16.2. The first-order valence-electron chi connectivity index (χ1n) is 7.98. The van der Waals surface area contributed by atoms with Crippen LogP contribution < -0.4 is 0 Å². The Kier molecular flexibility index (Phi) is 10.4. The van der Waals surface area contributed by atoms with Crippen LogP contribution in [0.4, 0.5) is 0 Å². The lowest BCUT2D eigenvalue weighted by Gasteiger charge is -2.35. The van der Waals surface area contributed by atoms with Gasteiger partial charge in [-0.05, 0) is 19.3 Å². The monoisotopic (exact) mass is 254 g/mol. The van der Waals surface area contributed by atoms with Crippen molar-refractivity contribution in [3.63, 3.8) is 0 Å². The number of unbranched alkanes of at least 4 members (excludes halogenated alkanes) is 4. The number of hydrogen-bond donors (Lipinski definition) is 1. The van der Waals surface area contributed by atoms with Crippen LogP contribution in [0.3, 0.4) is 0 Å². The summed E-state index contributed by atoms with van der Waals surface area (Å²) in [7, 11) is 0. The molecule has 18 heavy (non-hydrogen) atoms. The molecule has 0 aromatic heterocycles. The summed E-state index contributed by atoms with van der Waals surface area (Å²) >= 11 is 0. The maximum atomic E-state index is 10.5. The smallest absolute Gasteiger partial charge is 0.0630 e. The zero-order valence-corrected chi connectivity index (χ0v) is 12.9. The predicted octanol–water partition coefficient (Wildman–Crippen LogP) is 5.48. The van der Waals surface area contributed by atoms with E-state index in [1.54, 1.807) is 0 Å². The Labute approximate surface area is 115 Å². The third-order valence-electron chi connectivity index (χ3n) is 4.11. The summed E-state index contributed by atoms with van der Waals surface area (Å²) in [5.74, 6) is 0. The number of aliphatic hydroxyl groups excluding tert-OH is 1. The highest BCUT2D eigenvalue weighted by molar-refractivity contribution is 4.99. The quantitative estimate of drug-likeness (QED) is 0.361. The molecule has 0 amide bonds. The van der Waals surface area contributed by atoms with Gasteiger partial charge in [0.05, 0.1) is 6.10 Å². The topological polar surface area (TPSA) is 20.2 Å². The van der Waals surface area contributed by atoms with Gasteiger partial charge in [0, 0.05) is 5.41 Å². The molecular formula is C17H34O. The first-order valence-corrected chi connectivity index (χ1v) is 7.98. The summed E-state index contributed by atoms with van der Waals surface area (Å²) in [5, 5.41) is 10.5. The predicted molar refractivity (Wildman–Crippen MR) is 81.8 cm³/mol. The van der Waals surface area contributed by atoms with E-state index in [0.29, 0.717) is 0 Å². The van der Waals surface area contributed by atoms with Crippen LogP contribution in [-0.4, -0.2) is 11.2 Å². The molecule has 0 rings (SSSR count). The highest BCUT2D eigenvalue weighted by Crippen LogP contribution is 2.37. The van der Waals surface area contributed by atoms with E-state index in [4.69, 9.17) is 0 Å². The van der Waals surface area contributed by atoms with Gasteiger partial charge in [-0.1, -0.05) is 71.8 Å². The third kappa shape index (κ3) is 6.04. The second-order valence-electron chi connectivity index (χ2n) is 5.66.